The number of hydrogen-bond donors (Lipinski definition) is 2. The van der Waals surface area contributed by atoms with Crippen LogP contribution in [0.1, 0.15) is 20.3 Å². The second-order valence-corrected chi connectivity index (χ2v) is 1.93. The van der Waals surface area contributed by atoms with Crippen molar-refractivity contribution in [2.24, 2.45) is 0 Å². The fourth-order valence-electron chi connectivity index (χ4n) is 0.494. The molecule has 0 aromatic rings. The van der Waals surface area contributed by atoms with Crippen LogP contribution >= 0.6 is 0 Å². The predicted octanol–water partition coefficient (Wildman–Crippen LogP) is -0.510. The fraction of sp³-hybridized carbons (Fsp3) is 1.00. The van der Waals surface area contributed by atoms with Gasteiger partial charge in [-0.05, 0) is 20.3 Å². The van der Waals surface area contributed by atoms with Crippen molar-refractivity contribution in [1.29, 1.82) is 0 Å². The van der Waals surface area contributed by atoms with Crippen LogP contribution in [0.5, 0.6) is 0 Å². The van der Waals surface area contributed by atoms with Gasteiger partial charge in [-0.2, -0.15) is 0 Å². The van der Waals surface area contributed by atoms with Crippen LogP contribution in [0.15, 0.2) is 0 Å². The molecule has 0 aliphatic heterocycles. The molecule has 0 saturated heterocycles. The van der Waals surface area contributed by atoms with Crippen LogP contribution in [-0.4, -0.2) is 52.0 Å². The number of rotatable bonds is 2. The molecule has 0 aliphatic rings. The van der Waals surface area contributed by atoms with Crippen molar-refractivity contribution in [2.75, 3.05) is 0 Å². The first kappa shape index (κ1) is 11.7. The molecule has 0 heterocycles. The van der Waals surface area contributed by atoms with Crippen molar-refractivity contribution in [1.82, 2.24) is 0 Å². The zero-order valence-electron chi connectivity index (χ0n) is 4.76. The minimum atomic E-state index is -0.375. The first-order valence-electron chi connectivity index (χ1n) is 2.49. The van der Waals surface area contributed by atoms with Gasteiger partial charge < -0.3 is 10.2 Å². The molecule has 2 N–H and O–H groups in total. The van der Waals surface area contributed by atoms with Crippen LogP contribution in [0, 0.1) is 0 Å². The SMILES string of the molecule is CC(O)CC(C)O.[NaH]. The van der Waals surface area contributed by atoms with E-state index >= 15 is 0 Å². The molecule has 0 fully saturated rings. The third kappa shape index (κ3) is 10.0. The number of aliphatic hydroxyl groups excluding tert-OH is 2. The second-order valence-electron chi connectivity index (χ2n) is 1.93. The van der Waals surface area contributed by atoms with Crippen LogP contribution in [0.25, 0.3) is 0 Å². The van der Waals surface area contributed by atoms with Crippen LogP contribution < -0.4 is 0 Å². The summed E-state index contributed by atoms with van der Waals surface area (Å²) in [6.07, 6.45) is -0.278. The van der Waals surface area contributed by atoms with E-state index in [1.165, 1.54) is 0 Å². The summed E-state index contributed by atoms with van der Waals surface area (Å²) in [6, 6.07) is 0. The summed E-state index contributed by atoms with van der Waals surface area (Å²) >= 11 is 0. The summed E-state index contributed by atoms with van der Waals surface area (Å²) in [4.78, 5) is 0. The molecule has 8 heavy (non-hydrogen) atoms. The third-order valence-corrected chi connectivity index (χ3v) is 0.682. The Bertz CT molecular complexity index is 39.7. The number of hydrogen-bond acceptors (Lipinski definition) is 2. The third-order valence-electron chi connectivity index (χ3n) is 0.682. The molecule has 2 unspecified atom stereocenters. The Morgan fingerprint density at radius 1 is 1.12 bits per heavy atom. The zero-order chi connectivity index (χ0) is 5.86. The molecule has 2 nitrogen and oxygen atoms in total. The average Bonchev–Trinajstić information content (AvgIpc) is 1.27. The summed E-state index contributed by atoms with van der Waals surface area (Å²) < 4.78 is 0. The Hall–Kier alpha value is 0.920. The van der Waals surface area contributed by atoms with Crippen LogP contribution in [0.3, 0.4) is 0 Å². The number of aliphatic hydroxyl groups is 2. The van der Waals surface area contributed by atoms with Gasteiger partial charge in [0.15, 0.2) is 0 Å². The normalized spacial score (nSPS) is 16.5. The van der Waals surface area contributed by atoms with Crippen LogP contribution in [0.2, 0.25) is 0 Å². The first-order chi connectivity index (χ1) is 3.13. The summed E-state index contributed by atoms with van der Waals surface area (Å²) in [5, 5.41) is 17.1. The topological polar surface area (TPSA) is 40.5 Å². The van der Waals surface area contributed by atoms with Crippen molar-refractivity contribution in [3.63, 3.8) is 0 Å². The van der Waals surface area contributed by atoms with Gasteiger partial charge in [-0.15, -0.1) is 0 Å². The molecule has 0 rings (SSSR count). The molecule has 46 valence electrons. The summed E-state index contributed by atoms with van der Waals surface area (Å²) in [5.74, 6) is 0. The Morgan fingerprint density at radius 3 is 1.38 bits per heavy atom. The second kappa shape index (κ2) is 6.05. The van der Waals surface area contributed by atoms with E-state index in [1.807, 2.05) is 0 Å². The van der Waals surface area contributed by atoms with E-state index in [0.717, 1.165) is 0 Å². The standard InChI is InChI=1S/C5H12O2.Na.H/c1-4(6)3-5(2)7;;/h4-7H,3H2,1-2H3;;. The molecule has 0 amide bonds. The van der Waals surface area contributed by atoms with E-state index in [9.17, 15) is 0 Å². The van der Waals surface area contributed by atoms with E-state index < -0.39 is 0 Å². The van der Waals surface area contributed by atoms with Crippen molar-refractivity contribution >= 4 is 29.6 Å². The molecule has 0 radical (unpaired) electrons. The maximum atomic E-state index is 8.56. The van der Waals surface area contributed by atoms with Crippen molar-refractivity contribution in [2.45, 2.75) is 32.5 Å². The van der Waals surface area contributed by atoms with Gasteiger partial charge in [0.2, 0.25) is 0 Å². The van der Waals surface area contributed by atoms with E-state index in [2.05, 4.69) is 0 Å². The van der Waals surface area contributed by atoms with Crippen LogP contribution in [-0.2, 0) is 0 Å². The molecule has 0 bridgehead atoms. The summed E-state index contributed by atoms with van der Waals surface area (Å²) in [6.45, 7) is 3.32. The molecule has 0 spiro atoms. The fourth-order valence-corrected chi connectivity index (χ4v) is 0.494. The van der Waals surface area contributed by atoms with Gasteiger partial charge in [-0.25, -0.2) is 0 Å². The van der Waals surface area contributed by atoms with Gasteiger partial charge in [0, 0.05) is 0 Å². The van der Waals surface area contributed by atoms with Gasteiger partial charge in [0.25, 0.3) is 0 Å². The van der Waals surface area contributed by atoms with Gasteiger partial charge >= 0.3 is 29.6 Å². The Kier molecular flexibility index (Phi) is 8.83. The van der Waals surface area contributed by atoms with Gasteiger partial charge in [0.05, 0.1) is 12.2 Å². The van der Waals surface area contributed by atoms with Gasteiger partial charge in [0.1, 0.15) is 0 Å². The van der Waals surface area contributed by atoms with Crippen molar-refractivity contribution in [3.05, 3.63) is 0 Å². The molecule has 0 aliphatic carbocycles. The van der Waals surface area contributed by atoms with Crippen LogP contribution in [0.4, 0.5) is 0 Å². The first-order valence-corrected chi connectivity index (χ1v) is 2.49. The zero-order valence-corrected chi connectivity index (χ0v) is 4.76. The van der Waals surface area contributed by atoms with E-state index in [1.54, 1.807) is 13.8 Å². The maximum absolute atomic E-state index is 8.56. The Labute approximate surface area is 72.2 Å². The molecule has 0 aromatic heterocycles. The van der Waals surface area contributed by atoms with E-state index in [-0.39, 0.29) is 41.8 Å². The molecule has 2 atom stereocenters. The molecular formula is C5H13NaO2. The van der Waals surface area contributed by atoms with Gasteiger partial charge in [-0.1, -0.05) is 0 Å². The van der Waals surface area contributed by atoms with Crippen molar-refractivity contribution < 1.29 is 10.2 Å². The van der Waals surface area contributed by atoms with Crippen molar-refractivity contribution in [3.8, 4) is 0 Å². The average molecular weight is 128 g/mol. The molecule has 0 saturated carbocycles. The molecule has 3 heteroatoms. The molecular weight excluding hydrogens is 115 g/mol. The minimum absolute atomic E-state index is 0. The van der Waals surface area contributed by atoms with E-state index in [4.69, 9.17) is 10.2 Å². The Morgan fingerprint density at radius 2 is 1.38 bits per heavy atom. The van der Waals surface area contributed by atoms with Gasteiger partial charge in [-0.3, -0.25) is 0 Å². The Balaban J connectivity index is 0. The monoisotopic (exact) mass is 128 g/mol. The predicted molar refractivity (Wildman–Crippen MR) is 35.1 cm³/mol. The summed E-state index contributed by atoms with van der Waals surface area (Å²) in [7, 11) is 0. The molecule has 0 aromatic carbocycles. The van der Waals surface area contributed by atoms with E-state index in [0.29, 0.717) is 6.42 Å². The summed E-state index contributed by atoms with van der Waals surface area (Å²) in [5.41, 5.74) is 0. The quantitative estimate of drug-likeness (QED) is 0.492.